The highest BCUT2D eigenvalue weighted by Crippen LogP contribution is 2.28. The number of pyridine rings is 1. The van der Waals surface area contributed by atoms with Gasteiger partial charge in [-0.05, 0) is 18.4 Å². The Kier molecular flexibility index (Phi) is 4.98. The molecule has 0 aliphatic carbocycles. The van der Waals surface area contributed by atoms with Gasteiger partial charge in [-0.3, -0.25) is 4.98 Å². The number of aromatic hydroxyl groups is 1. The largest absolute Gasteiger partial charge is 0.506 e. The SMILES string of the molecule is Cc1ncc(CO)c(CNCC(C)(C)c2cccs2)c1O. The molecule has 21 heavy (non-hydrogen) atoms. The highest BCUT2D eigenvalue weighted by molar-refractivity contribution is 7.10. The molecule has 3 N–H and O–H groups in total. The minimum Gasteiger partial charge on any atom is -0.506 e. The van der Waals surface area contributed by atoms with Crippen LogP contribution in [0.15, 0.2) is 23.7 Å². The van der Waals surface area contributed by atoms with E-state index in [4.69, 9.17) is 0 Å². The second-order valence-electron chi connectivity index (χ2n) is 5.82. The van der Waals surface area contributed by atoms with E-state index in [1.54, 1.807) is 24.5 Å². The molecule has 2 heterocycles. The van der Waals surface area contributed by atoms with E-state index >= 15 is 0 Å². The standard InChI is InChI=1S/C16H22N2O2S/c1-11-15(20)13(12(9-19)7-18-11)8-17-10-16(2,3)14-5-4-6-21-14/h4-7,17,19-20H,8-10H2,1-3H3. The Bertz CT molecular complexity index is 595. The number of aryl methyl sites for hydroxylation is 1. The van der Waals surface area contributed by atoms with Crippen molar-refractivity contribution in [1.29, 1.82) is 0 Å². The van der Waals surface area contributed by atoms with Crippen molar-refractivity contribution < 1.29 is 10.2 Å². The van der Waals surface area contributed by atoms with Gasteiger partial charge >= 0.3 is 0 Å². The monoisotopic (exact) mass is 306 g/mol. The molecule has 0 radical (unpaired) electrons. The van der Waals surface area contributed by atoms with Gasteiger partial charge in [0.25, 0.3) is 0 Å². The molecule has 0 saturated carbocycles. The van der Waals surface area contributed by atoms with Gasteiger partial charge in [-0.1, -0.05) is 19.9 Å². The maximum absolute atomic E-state index is 10.1. The van der Waals surface area contributed by atoms with Gasteiger partial charge in [0.05, 0.1) is 12.3 Å². The molecule has 0 bridgehead atoms. The maximum atomic E-state index is 10.1. The molecule has 4 nitrogen and oxygen atoms in total. The molecule has 0 unspecified atom stereocenters. The molecule has 2 aromatic rings. The minimum atomic E-state index is -0.119. The van der Waals surface area contributed by atoms with Gasteiger partial charge in [0.2, 0.25) is 0 Å². The van der Waals surface area contributed by atoms with E-state index in [1.165, 1.54) is 4.88 Å². The number of aromatic nitrogens is 1. The molecule has 114 valence electrons. The smallest absolute Gasteiger partial charge is 0.141 e. The second-order valence-corrected chi connectivity index (χ2v) is 6.77. The van der Waals surface area contributed by atoms with Crippen LogP contribution in [0.3, 0.4) is 0 Å². The predicted molar refractivity (Wildman–Crippen MR) is 85.6 cm³/mol. The summed E-state index contributed by atoms with van der Waals surface area (Å²) < 4.78 is 0. The fraction of sp³-hybridized carbons (Fsp3) is 0.438. The number of hydrogen-bond donors (Lipinski definition) is 3. The summed E-state index contributed by atoms with van der Waals surface area (Å²) in [6, 6.07) is 4.20. The lowest BCUT2D eigenvalue weighted by Crippen LogP contribution is -2.32. The van der Waals surface area contributed by atoms with E-state index in [1.807, 2.05) is 0 Å². The normalized spacial score (nSPS) is 11.8. The summed E-state index contributed by atoms with van der Waals surface area (Å²) in [5.41, 5.74) is 2.01. The van der Waals surface area contributed by atoms with Crippen LogP contribution in [0.25, 0.3) is 0 Å². The summed E-state index contributed by atoms with van der Waals surface area (Å²) >= 11 is 1.75. The van der Waals surface area contributed by atoms with Gasteiger partial charge in [0.1, 0.15) is 5.75 Å². The molecule has 0 aliphatic rings. The van der Waals surface area contributed by atoms with E-state index in [2.05, 4.69) is 41.7 Å². The van der Waals surface area contributed by atoms with Gasteiger partial charge in [-0.15, -0.1) is 11.3 Å². The number of aliphatic hydroxyl groups is 1. The first-order valence-electron chi connectivity index (χ1n) is 6.97. The molecule has 0 spiro atoms. The molecular weight excluding hydrogens is 284 g/mol. The highest BCUT2D eigenvalue weighted by Gasteiger charge is 2.21. The van der Waals surface area contributed by atoms with Crippen molar-refractivity contribution in [3.8, 4) is 5.75 Å². The first-order valence-corrected chi connectivity index (χ1v) is 7.85. The third kappa shape index (κ3) is 3.61. The van der Waals surface area contributed by atoms with Crippen LogP contribution in [0.5, 0.6) is 5.75 Å². The maximum Gasteiger partial charge on any atom is 0.141 e. The van der Waals surface area contributed by atoms with Crippen LogP contribution in [0, 0.1) is 6.92 Å². The lowest BCUT2D eigenvalue weighted by Gasteiger charge is -2.24. The van der Waals surface area contributed by atoms with Crippen LogP contribution < -0.4 is 5.32 Å². The van der Waals surface area contributed by atoms with Crippen molar-refractivity contribution >= 4 is 11.3 Å². The summed E-state index contributed by atoms with van der Waals surface area (Å²) in [4.78, 5) is 5.40. The topological polar surface area (TPSA) is 65.4 Å². The Morgan fingerprint density at radius 2 is 2.14 bits per heavy atom. The van der Waals surface area contributed by atoms with Gasteiger partial charge in [0, 0.05) is 40.7 Å². The summed E-state index contributed by atoms with van der Waals surface area (Å²) in [5.74, 6) is 0.169. The Hall–Kier alpha value is -1.43. The van der Waals surface area contributed by atoms with Crippen LogP contribution in [-0.2, 0) is 18.6 Å². The van der Waals surface area contributed by atoms with Crippen LogP contribution in [0.4, 0.5) is 0 Å². The van der Waals surface area contributed by atoms with Crippen molar-refractivity contribution in [1.82, 2.24) is 10.3 Å². The first kappa shape index (κ1) is 15.9. The van der Waals surface area contributed by atoms with E-state index in [9.17, 15) is 10.2 Å². The average molecular weight is 306 g/mol. The van der Waals surface area contributed by atoms with E-state index in [-0.39, 0.29) is 17.8 Å². The van der Waals surface area contributed by atoms with Crippen LogP contribution in [-0.4, -0.2) is 21.7 Å². The van der Waals surface area contributed by atoms with Gasteiger partial charge in [-0.2, -0.15) is 0 Å². The number of hydrogen-bond acceptors (Lipinski definition) is 5. The number of nitrogens with one attached hydrogen (secondary N) is 1. The Morgan fingerprint density at radius 1 is 1.38 bits per heavy atom. The summed E-state index contributed by atoms with van der Waals surface area (Å²) in [7, 11) is 0. The molecule has 2 rings (SSSR count). The zero-order valence-corrected chi connectivity index (χ0v) is 13.5. The quantitative estimate of drug-likeness (QED) is 0.768. The van der Waals surface area contributed by atoms with Gasteiger partial charge < -0.3 is 15.5 Å². The van der Waals surface area contributed by atoms with E-state index in [0.29, 0.717) is 17.8 Å². The zero-order valence-electron chi connectivity index (χ0n) is 12.7. The number of aliphatic hydroxyl groups excluding tert-OH is 1. The zero-order chi connectivity index (χ0) is 15.5. The summed E-state index contributed by atoms with van der Waals surface area (Å²) in [6.07, 6.45) is 1.62. The molecule has 0 aromatic carbocycles. The van der Waals surface area contributed by atoms with Crippen LogP contribution >= 0.6 is 11.3 Å². The van der Waals surface area contributed by atoms with Crippen molar-refractivity contribution in [2.24, 2.45) is 0 Å². The fourth-order valence-corrected chi connectivity index (χ4v) is 3.12. The molecule has 0 saturated heterocycles. The average Bonchev–Trinajstić information content (AvgIpc) is 2.98. The van der Waals surface area contributed by atoms with Gasteiger partial charge in [-0.25, -0.2) is 0 Å². The van der Waals surface area contributed by atoms with Crippen LogP contribution in [0.1, 0.15) is 35.5 Å². The van der Waals surface area contributed by atoms with Crippen LogP contribution in [0.2, 0.25) is 0 Å². The highest BCUT2D eigenvalue weighted by atomic mass is 32.1. The molecule has 0 aliphatic heterocycles. The summed E-state index contributed by atoms with van der Waals surface area (Å²) in [5, 5.41) is 24.9. The first-order chi connectivity index (χ1) is 9.95. The minimum absolute atomic E-state index is 0.0330. The fourth-order valence-electron chi connectivity index (χ4n) is 2.27. The molecule has 0 amide bonds. The lowest BCUT2D eigenvalue weighted by atomic mass is 9.91. The summed E-state index contributed by atoms with van der Waals surface area (Å²) in [6.45, 7) is 7.33. The molecule has 2 aromatic heterocycles. The molecule has 0 atom stereocenters. The number of thiophene rings is 1. The number of nitrogens with zero attached hydrogens (tertiary/aromatic N) is 1. The molecule has 5 heteroatoms. The van der Waals surface area contributed by atoms with E-state index < -0.39 is 0 Å². The predicted octanol–water partition coefficient (Wildman–Crippen LogP) is 2.72. The number of rotatable bonds is 6. The van der Waals surface area contributed by atoms with Crippen molar-refractivity contribution in [2.75, 3.05) is 6.54 Å². The Morgan fingerprint density at radius 3 is 2.76 bits per heavy atom. The third-order valence-corrected chi connectivity index (χ3v) is 4.89. The van der Waals surface area contributed by atoms with E-state index in [0.717, 1.165) is 12.1 Å². The molecular formula is C16H22N2O2S. The Balaban J connectivity index is 2.06. The van der Waals surface area contributed by atoms with Gasteiger partial charge in [0.15, 0.2) is 0 Å². The van der Waals surface area contributed by atoms with Crippen molar-refractivity contribution in [3.05, 3.63) is 45.4 Å². The third-order valence-electron chi connectivity index (χ3n) is 3.66. The van der Waals surface area contributed by atoms with Crippen molar-refractivity contribution in [2.45, 2.75) is 39.3 Å². The lowest BCUT2D eigenvalue weighted by molar-refractivity contribution is 0.278. The molecule has 0 fully saturated rings. The second kappa shape index (κ2) is 6.56. The van der Waals surface area contributed by atoms with Crippen molar-refractivity contribution in [3.63, 3.8) is 0 Å². The Labute approximate surface area is 129 Å².